The molecule has 1 aliphatic rings. The Morgan fingerprint density at radius 2 is 1.92 bits per heavy atom. The fourth-order valence-electron chi connectivity index (χ4n) is 3.17. The third-order valence-electron chi connectivity index (χ3n) is 4.55. The number of para-hydroxylation sites is 1. The van der Waals surface area contributed by atoms with Gasteiger partial charge in [-0.25, -0.2) is 0 Å². The van der Waals surface area contributed by atoms with Crippen LogP contribution in [0.25, 0.3) is 0 Å². The first-order valence-corrected chi connectivity index (χ1v) is 9.25. The van der Waals surface area contributed by atoms with Crippen LogP contribution in [0.4, 0.5) is 5.69 Å². The Balaban J connectivity index is 1.71. The third-order valence-corrected chi connectivity index (χ3v) is 4.55. The van der Waals surface area contributed by atoms with Gasteiger partial charge in [-0.05, 0) is 55.7 Å². The highest BCUT2D eigenvalue weighted by atomic mass is 16.1. The Morgan fingerprint density at radius 3 is 2.62 bits per heavy atom. The summed E-state index contributed by atoms with van der Waals surface area (Å²) in [6.45, 7) is 8.20. The lowest BCUT2D eigenvalue weighted by Crippen LogP contribution is -2.24. The number of hydrogen-bond acceptors (Lipinski definition) is 2. The van der Waals surface area contributed by atoms with Crippen LogP contribution < -0.4 is 10.6 Å². The van der Waals surface area contributed by atoms with E-state index in [1.807, 2.05) is 18.2 Å². The quantitative estimate of drug-likeness (QED) is 0.558. The number of benzene rings is 1. The van der Waals surface area contributed by atoms with Gasteiger partial charge in [-0.2, -0.15) is 0 Å². The number of allylic oxidation sites excluding steroid dienone is 1. The van der Waals surface area contributed by atoms with Crippen molar-refractivity contribution in [3.63, 3.8) is 0 Å². The van der Waals surface area contributed by atoms with Crippen molar-refractivity contribution >= 4 is 11.6 Å². The second-order valence-electron chi connectivity index (χ2n) is 7.70. The highest BCUT2D eigenvalue weighted by Gasteiger charge is 2.18. The molecule has 1 amide bonds. The molecule has 0 radical (unpaired) electrons. The van der Waals surface area contributed by atoms with Gasteiger partial charge in [-0.3, -0.25) is 4.79 Å². The highest BCUT2D eigenvalue weighted by molar-refractivity contribution is 5.91. The van der Waals surface area contributed by atoms with E-state index in [1.165, 1.54) is 31.2 Å². The molecule has 3 nitrogen and oxygen atoms in total. The lowest BCUT2D eigenvalue weighted by Gasteiger charge is -2.23. The van der Waals surface area contributed by atoms with Gasteiger partial charge in [0.15, 0.2) is 0 Å². The summed E-state index contributed by atoms with van der Waals surface area (Å²) in [5, 5.41) is 6.46. The molecule has 0 spiro atoms. The van der Waals surface area contributed by atoms with Crippen LogP contribution in [0.1, 0.15) is 64.9 Å². The molecule has 0 fully saturated rings. The zero-order valence-electron chi connectivity index (χ0n) is 15.5. The van der Waals surface area contributed by atoms with Gasteiger partial charge in [0.25, 0.3) is 0 Å². The van der Waals surface area contributed by atoms with E-state index in [4.69, 9.17) is 0 Å². The van der Waals surface area contributed by atoms with Crippen LogP contribution in [0.15, 0.2) is 35.9 Å². The lowest BCUT2D eigenvalue weighted by atomic mass is 9.86. The van der Waals surface area contributed by atoms with Gasteiger partial charge >= 0.3 is 0 Å². The monoisotopic (exact) mass is 328 g/mol. The van der Waals surface area contributed by atoms with E-state index < -0.39 is 0 Å². The van der Waals surface area contributed by atoms with Gasteiger partial charge in [0.1, 0.15) is 0 Å². The SMILES string of the molecule is CC(C)(C)c1ccccc1NC(=O)CCNCCC1=CCCCC1. The number of rotatable bonds is 7. The molecule has 0 aliphatic heterocycles. The maximum absolute atomic E-state index is 12.2. The van der Waals surface area contributed by atoms with Crippen LogP contribution in [-0.4, -0.2) is 19.0 Å². The molecule has 2 N–H and O–H groups in total. The van der Waals surface area contributed by atoms with E-state index in [0.29, 0.717) is 6.42 Å². The Kier molecular flexibility index (Phi) is 7.04. The second-order valence-corrected chi connectivity index (χ2v) is 7.70. The molecule has 3 heteroatoms. The zero-order valence-corrected chi connectivity index (χ0v) is 15.5. The summed E-state index contributed by atoms with van der Waals surface area (Å²) < 4.78 is 0. The molecule has 132 valence electrons. The molecule has 0 aromatic heterocycles. The van der Waals surface area contributed by atoms with Crippen molar-refractivity contribution in [3.8, 4) is 0 Å². The molecular weight excluding hydrogens is 296 g/mol. The molecule has 0 heterocycles. The fourth-order valence-corrected chi connectivity index (χ4v) is 3.17. The molecule has 2 rings (SSSR count). The molecule has 0 atom stereocenters. The van der Waals surface area contributed by atoms with Crippen LogP contribution in [0.3, 0.4) is 0 Å². The van der Waals surface area contributed by atoms with Crippen molar-refractivity contribution in [2.45, 2.75) is 64.7 Å². The fraction of sp³-hybridized carbons (Fsp3) is 0.571. The molecule has 0 saturated heterocycles. The number of hydrogen-bond donors (Lipinski definition) is 2. The summed E-state index contributed by atoms with van der Waals surface area (Å²) in [5.41, 5.74) is 3.71. The summed E-state index contributed by atoms with van der Waals surface area (Å²) in [6, 6.07) is 8.08. The minimum atomic E-state index is 0.0237. The predicted molar refractivity (Wildman–Crippen MR) is 102 cm³/mol. The molecule has 0 unspecified atom stereocenters. The molecule has 1 aromatic rings. The maximum Gasteiger partial charge on any atom is 0.225 e. The van der Waals surface area contributed by atoms with E-state index in [0.717, 1.165) is 25.2 Å². The van der Waals surface area contributed by atoms with E-state index >= 15 is 0 Å². The average molecular weight is 329 g/mol. The van der Waals surface area contributed by atoms with E-state index in [-0.39, 0.29) is 11.3 Å². The largest absolute Gasteiger partial charge is 0.326 e. The summed E-state index contributed by atoms with van der Waals surface area (Å²) in [7, 11) is 0. The van der Waals surface area contributed by atoms with E-state index in [2.05, 4.69) is 43.5 Å². The van der Waals surface area contributed by atoms with Crippen LogP contribution in [0.5, 0.6) is 0 Å². The number of carbonyl (C=O) groups excluding carboxylic acids is 1. The van der Waals surface area contributed by atoms with E-state index in [1.54, 1.807) is 5.57 Å². The Bertz CT molecular complexity index is 569. The van der Waals surface area contributed by atoms with Crippen LogP contribution in [0.2, 0.25) is 0 Å². The van der Waals surface area contributed by atoms with E-state index in [9.17, 15) is 4.79 Å². The van der Waals surface area contributed by atoms with Crippen molar-refractivity contribution in [1.29, 1.82) is 0 Å². The first-order chi connectivity index (χ1) is 11.5. The van der Waals surface area contributed by atoms with Crippen LogP contribution in [-0.2, 0) is 10.2 Å². The molecular formula is C21H32N2O. The van der Waals surface area contributed by atoms with Crippen LogP contribution >= 0.6 is 0 Å². The zero-order chi connectivity index (χ0) is 17.4. The standard InChI is InChI=1S/C21H32N2O/c1-21(2,3)18-11-7-8-12-19(18)23-20(24)14-16-22-15-13-17-9-5-4-6-10-17/h7-9,11-12,22H,4-6,10,13-16H2,1-3H3,(H,23,24). The van der Waals surface area contributed by atoms with Crippen molar-refractivity contribution in [3.05, 3.63) is 41.5 Å². The van der Waals surface area contributed by atoms with Crippen molar-refractivity contribution in [2.24, 2.45) is 0 Å². The highest BCUT2D eigenvalue weighted by Crippen LogP contribution is 2.29. The smallest absolute Gasteiger partial charge is 0.225 e. The first-order valence-electron chi connectivity index (χ1n) is 9.25. The Morgan fingerprint density at radius 1 is 1.12 bits per heavy atom. The number of amides is 1. The summed E-state index contributed by atoms with van der Waals surface area (Å²) in [5.74, 6) is 0.0797. The first kappa shape index (κ1) is 18.7. The molecule has 0 bridgehead atoms. The van der Waals surface area contributed by atoms with Crippen molar-refractivity contribution in [1.82, 2.24) is 5.32 Å². The summed E-state index contributed by atoms with van der Waals surface area (Å²) in [4.78, 5) is 12.2. The molecule has 0 saturated carbocycles. The Labute approximate surface area is 146 Å². The molecule has 1 aromatic carbocycles. The molecule has 1 aliphatic carbocycles. The van der Waals surface area contributed by atoms with Gasteiger partial charge in [-0.15, -0.1) is 0 Å². The van der Waals surface area contributed by atoms with Crippen molar-refractivity contribution < 1.29 is 4.79 Å². The summed E-state index contributed by atoms with van der Waals surface area (Å²) >= 11 is 0. The van der Waals surface area contributed by atoms with Gasteiger partial charge in [-0.1, -0.05) is 50.6 Å². The minimum Gasteiger partial charge on any atom is -0.326 e. The predicted octanol–water partition coefficient (Wildman–Crippen LogP) is 4.79. The third kappa shape index (κ3) is 6.12. The average Bonchev–Trinajstić information content (AvgIpc) is 2.55. The maximum atomic E-state index is 12.2. The normalized spacial score (nSPS) is 15.0. The summed E-state index contributed by atoms with van der Waals surface area (Å²) in [6.07, 6.45) is 9.19. The second kappa shape index (κ2) is 9.03. The van der Waals surface area contributed by atoms with Gasteiger partial charge in [0.2, 0.25) is 5.91 Å². The van der Waals surface area contributed by atoms with Gasteiger partial charge < -0.3 is 10.6 Å². The van der Waals surface area contributed by atoms with Crippen molar-refractivity contribution in [2.75, 3.05) is 18.4 Å². The topological polar surface area (TPSA) is 41.1 Å². The Hall–Kier alpha value is -1.61. The number of carbonyl (C=O) groups is 1. The van der Waals surface area contributed by atoms with Gasteiger partial charge in [0.05, 0.1) is 0 Å². The van der Waals surface area contributed by atoms with Crippen LogP contribution in [0, 0.1) is 0 Å². The minimum absolute atomic E-state index is 0.0237. The number of nitrogens with one attached hydrogen (secondary N) is 2. The van der Waals surface area contributed by atoms with Gasteiger partial charge in [0, 0.05) is 18.7 Å². The molecule has 24 heavy (non-hydrogen) atoms. The number of anilines is 1. The lowest BCUT2D eigenvalue weighted by molar-refractivity contribution is -0.116.